The zero-order chi connectivity index (χ0) is 23.5. The molecule has 8 heteroatoms. The molecule has 2 amide bonds. The quantitative estimate of drug-likeness (QED) is 0.565. The highest BCUT2D eigenvalue weighted by atomic mass is 19.1. The Labute approximate surface area is 189 Å². The number of halogens is 1. The van der Waals surface area contributed by atoms with Gasteiger partial charge in [0.25, 0.3) is 5.91 Å². The molecule has 1 saturated carbocycles. The maximum absolute atomic E-state index is 13.1. The molecule has 1 fully saturated rings. The number of carboxylic acid groups (broad SMARTS) is 1. The lowest BCUT2D eigenvalue weighted by molar-refractivity contribution is -0.130. The number of aromatic amines is 1. The zero-order valence-corrected chi connectivity index (χ0v) is 17.9. The second-order valence-electron chi connectivity index (χ2n) is 8.16. The van der Waals surface area contributed by atoms with E-state index in [1.165, 1.54) is 41.8 Å². The van der Waals surface area contributed by atoms with Gasteiger partial charge in [0, 0.05) is 35.1 Å². The first-order chi connectivity index (χ1) is 15.8. The summed E-state index contributed by atoms with van der Waals surface area (Å²) in [5.41, 5.74) is 7.56. The van der Waals surface area contributed by atoms with Gasteiger partial charge in [-0.2, -0.15) is 0 Å². The van der Waals surface area contributed by atoms with E-state index in [9.17, 15) is 23.9 Å². The molecule has 0 bridgehead atoms. The smallest absolute Gasteiger partial charge is 0.339 e. The summed E-state index contributed by atoms with van der Waals surface area (Å²) in [7, 11) is 0. The number of H-pyrrole nitrogens is 1. The summed E-state index contributed by atoms with van der Waals surface area (Å²) < 4.78 is 13.1. The van der Waals surface area contributed by atoms with E-state index in [1.807, 2.05) is 24.3 Å². The monoisotopic (exact) mass is 449 g/mol. The van der Waals surface area contributed by atoms with Crippen LogP contribution in [0.3, 0.4) is 0 Å². The highest BCUT2D eigenvalue weighted by Crippen LogP contribution is 2.31. The van der Waals surface area contributed by atoms with E-state index in [-0.39, 0.29) is 23.3 Å². The van der Waals surface area contributed by atoms with E-state index in [0.717, 1.165) is 29.3 Å². The molecule has 0 spiro atoms. The molecule has 3 aromatic rings. The topological polar surface area (TPSA) is 116 Å². The Morgan fingerprint density at radius 2 is 1.76 bits per heavy atom. The summed E-state index contributed by atoms with van der Waals surface area (Å²) in [5, 5.41) is 10.6. The Kier molecular flexibility index (Phi) is 6.26. The van der Waals surface area contributed by atoms with Crippen LogP contribution in [0.25, 0.3) is 16.5 Å². The first kappa shape index (κ1) is 22.3. The summed E-state index contributed by atoms with van der Waals surface area (Å²) in [6.45, 7) is 0.335. The van der Waals surface area contributed by atoms with Crippen LogP contribution in [0.1, 0.15) is 40.9 Å². The molecular weight excluding hydrogens is 425 g/mol. The van der Waals surface area contributed by atoms with Crippen molar-refractivity contribution in [2.45, 2.75) is 25.7 Å². The van der Waals surface area contributed by atoms with Gasteiger partial charge in [-0.05, 0) is 55.2 Å². The Balaban J connectivity index is 0.000000318. The lowest BCUT2D eigenvalue weighted by atomic mass is 9.85. The van der Waals surface area contributed by atoms with Crippen molar-refractivity contribution in [3.8, 4) is 0 Å². The molecule has 2 heterocycles. The van der Waals surface area contributed by atoms with Gasteiger partial charge in [0.05, 0.1) is 11.3 Å². The van der Waals surface area contributed by atoms with Gasteiger partial charge in [0.15, 0.2) is 0 Å². The van der Waals surface area contributed by atoms with Gasteiger partial charge in [0.1, 0.15) is 5.82 Å². The number of hydrogen-bond donors (Lipinski definition) is 3. The molecule has 33 heavy (non-hydrogen) atoms. The molecule has 7 nitrogen and oxygen atoms in total. The summed E-state index contributed by atoms with van der Waals surface area (Å²) in [6, 6.07) is 12.8. The first-order valence-electron chi connectivity index (χ1n) is 10.8. The number of aliphatic carboxylic acids is 1. The number of rotatable bonds is 3. The zero-order valence-electron chi connectivity index (χ0n) is 17.9. The predicted octanol–water partition coefficient (Wildman–Crippen LogP) is 3.70. The van der Waals surface area contributed by atoms with E-state index in [2.05, 4.69) is 4.98 Å². The van der Waals surface area contributed by atoms with Crippen molar-refractivity contribution in [1.29, 1.82) is 0 Å². The van der Waals surface area contributed by atoms with Crippen LogP contribution >= 0.6 is 0 Å². The van der Waals surface area contributed by atoms with Crippen LogP contribution in [0.2, 0.25) is 0 Å². The van der Waals surface area contributed by atoms with Crippen LogP contribution in [0.15, 0.2) is 54.7 Å². The van der Waals surface area contributed by atoms with Gasteiger partial charge in [-0.25, -0.2) is 9.18 Å². The Morgan fingerprint density at radius 1 is 1.06 bits per heavy atom. The Hall–Kier alpha value is -3.94. The van der Waals surface area contributed by atoms with Crippen LogP contribution in [-0.2, 0) is 16.0 Å². The number of hydrogen-bond acceptors (Lipinski definition) is 3. The van der Waals surface area contributed by atoms with Crippen LogP contribution < -0.4 is 5.73 Å². The van der Waals surface area contributed by atoms with Gasteiger partial charge in [-0.15, -0.1) is 0 Å². The van der Waals surface area contributed by atoms with Crippen molar-refractivity contribution in [3.63, 3.8) is 0 Å². The van der Waals surface area contributed by atoms with Crippen molar-refractivity contribution in [3.05, 3.63) is 77.4 Å². The lowest BCUT2D eigenvalue weighted by Crippen LogP contribution is -2.28. The van der Waals surface area contributed by atoms with E-state index < -0.39 is 11.8 Å². The van der Waals surface area contributed by atoms with Crippen LogP contribution in [0.5, 0.6) is 0 Å². The average molecular weight is 449 g/mol. The van der Waals surface area contributed by atoms with E-state index >= 15 is 0 Å². The van der Waals surface area contributed by atoms with Crippen molar-refractivity contribution in [1.82, 2.24) is 9.88 Å². The lowest BCUT2D eigenvalue weighted by Gasteiger charge is -2.20. The van der Waals surface area contributed by atoms with Crippen molar-refractivity contribution in [2.75, 3.05) is 6.54 Å². The number of carbonyl (C=O) groups is 3. The number of nitrogens with one attached hydrogen (secondary N) is 1. The summed E-state index contributed by atoms with van der Waals surface area (Å²) in [6.07, 6.45) is 5.10. The maximum atomic E-state index is 13.1. The number of benzene rings is 2. The van der Waals surface area contributed by atoms with Crippen LogP contribution in [0, 0.1) is 11.7 Å². The summed E-state index contributed by atoms with van der Waals surface area (Å²) in [5.74, 6) is -1.80. The Bertz CT molecular complexity index is 1240. The molecule has 170 valence electrons. The van der Waals surface area contributed by atoms with Crippen molar-refractivity contribution < 1.29 is 23.9 Å². The molecule has 2 aromatic carbocycles. The molecule has 0 unspecified atom stereocenters. The van der Waals surface area contributed by atoms with Crippen molar-refractivity contribution in [2.24, 2.45) is 11.7 Å². The highest BCUT2D eigenvalue weighted by Gasteiger charge is 2.26. The minimum Gasteiger partial charge on any atom is -0.478 e. The SMILES string of the molecule is NC(=O)C1CCC1.O=C(O)C1=CN(C(=O)c2ccc(F)cc2)CCc2c1[nH]c1ccccc21. The van der Waals surface area contributed by atoms with Gasteiger partial charge < -0.3 is 20.7 Å². The largest absolute Gasteiger partial charge is 0.478 e. The molecule has 0 atom stereocenters. The second kappa shape index (κ2) is 9.28. The average Bonchev–Trinajstić information content (AvgIpc) is 2.99. The second-order valence-corrected chi connectivity index (χ2v) is 8.16. The summed E-state index contributed by atoms with van der Waals surface area (Å²) in [4.78, 5) is 39.3. The Morgan fingerprint density at radius 3 is 2.33 bits per heavy atom. The number of carbonyl (C=O) groups excluding carboxylic acids is 2. The van der Waals surface area contributed by atoms with E-state index in [4.69, 9.17) is 5.73 Å². The molecule has 1 aliphatic heterocycles. The normalized spacial score (nSPS) is 15.4. The first-order valence-corrected chi connectivity index (χ1v) is 10.8. The predicted molar refractivity (Wildman–Crippen MR) is 122 cm³/mol. The third kappa shape index (κ3) is 4.64. The number of nitrogens with two attached hydrogens (primary N) is 1. The summed E-state index contributed by atoms with van der Waals surface area (Å²) >= 11 is 0. The van der Waals surface area contributed by atoms with E-state index in [0.29, 0.717) is 24.2 Å². The van der Waals surface area contributed by atoms with Gasteiger partial charge in [0.2, 0.25) is 5.91 Å². The van der Waals surface area contributed by atoms with E-state index in [1.54, 1.807) is 0 Å². The molecule has 0 saturated heterocycles. The molecule has 2 aliphatic rings. The standard InChI is InChI=1S/C20H15FN2O3.C5H9NO/c21-13-7-5-12(6-8-13)19(24)23-10-9-15-14-3-1-2-4-17(14)22-18(15)16(11-23)20(25)26;6-5(7)4-2-1-3-4/h1-8,11,22H,9-10H2,(H,25,26);4H,1-3H2,(H2,6,7). The van der Waals surface area contributed by atoms with Crippen molar-refractivity contribution >= 4 is 34.3 Å². The number of amides is 2. The fraction of sp³-hybridized carbons (Fsp3) is 0.240. The minimum absolute atomic E-state index is 0.0316. The number of aromatic nitrogens is 1. The third-order valence-corrected chi connectivity index (χ3v) is 6.06. The molecule has 1 aromatic heterocycles. The highest BCUT2D eigenvalue weighted by molar-refractivity contribution is 6.17. The molecule has 5 rings (SSSR count). The number of para-hydroxylation sites is 1. The maximum Gasteiger partial charge on any atom is 0.339 e. The number of primary amides is 1. The fourth-order valence-electron chi connectivity index (χ4n) is 3.98. The minimum atomic E-state index is -1.11. The number of carboxylic acids is 1. The number of fused-ring (bicyclic) bond motifs is 3. The van der Waals surface area contributed by atoms with Gasteiger partial charge in [-0.3, -0.25) is 9.59 Å². The molecule has 1 aliphatic carbocycles. The number of nitrogens with zero attached hydrogens (tertiary/aromatic N) is 1. The molecule has 4 N–H and O–H groups in total. The fourth-order valence-corrected chi connectivity index (χ4v) is 3.98. The van der Waals surface area contributed by atoms with Gasteiger partial charge >= 0.3 is 5.97 Å². The van der Waals surface area contributed by atoms with Crippen LogP contribution in [-0.4, -0.2) is 39.3 Å². The van der Waals surface area contributed by atoms with Crippen LogP contribution in [0.4, 0.5) is 4.39 Å². The molecule has 0 radical (unpaired) electrons. The third-order valence-electron chi connectivity index (χ3n) is 6.06. The van der Waals surface area contributed by atoms with Gasteiger partial charge in [-0.1, -0.05) is 24.6 Å². The molecular formula is C25H24FN3O4.